The van der Waals surface area contributed by atoms with Crippen LogP contribution in [0.5, 0.6) is 0 Å². The van der Waals surface area contributed by atoms with Crippen LogP contribution in [0.1, 0.15) is 42.3 Å². The molecule has 0 saturated heterocycles. The van der Waals surface area contributed by atoms with Crippen molar-refractivity contribution in [3.05, 3.63) is 58.5 Å². The Hall–Kier alpha value is -3.24. The first-order valence-electron chi connectivity index (χ1n) is 10.6. The van der Waals surface area contributed by atoms with E-state index in [1.54, 1.807) is 33.9 Å². The predicted octanol–water partition coefficient (Wildman–Crippen LogP) is 4.17. The van der Waals surface area contributed by atoms with E-state index in [-0.39, 0.29) is 11.5 Å². The van der Waals surface area contributed by atoms with Gasteiger partial charge in [0, 0.05) is 36.1 Å². The van der Waals surface area contributed by atoms with Crippen molar-refractivity contribution in [2.24, 2.45) is 0 Å². The number of halogens is 3. The maximum atomic E-state index is 15.0. The summed E-state index contributed by atoms with van der Waals surface area (Å²) < 4.78 is 48.5. The van der Waals surface area contributed by atoms with Gasteiger partial charge in [0.15, 0.2) is 11.4 Å². The van der Waals surface area contributed by atoms with Crippen LogP contribution < -0.4 is 10.2 Å². The second-order valence-corrected chi connectivity index (χ2v) is 8.59. The second-order valence-electron chi connectivity index (χ2n) is 8.59. The number of aliphatic hydroxyl groups is 1. The van der Waals surface area contributed by atoms with Crippen molar-refractivity contribution in [1.29, 1.82) is 0 Å². The third kappa shape index (κ3) is 3.48. The van der Waals surface area contributed by atoms with E-state index in [4.69, 9.17) is 9.84 Å². The molecule has 0 spiro atoms. The molecule has 3 aromatic rings. The smallest absolute Gasteiger partial charge is 0.298 e. The fourth-order valence-electron chi connectivity index (χ4n) is 4.36. The topological polar surface area (TPSA) is 87.6 Å². The number of fused-ring (bicyclic) bond motifs is 2. The molecule has 4 rings (SSSR count). The van der Waals surface area contributed by atoms with Gasteiger partial charge < -0.3 is 20.1 Å². The van der Waals surface area contributed by atoms with Crippen molar-refractivity contribution < 1.29 is 27.8 Å². The van der Waals surface area contributed by atoms with E-state index in [0.717, 1.165) is 11.5 Å². The number of rotatable bonds is 6. The molecule has 1 aromatic heterocycles. The molecule has 2 heterocycles. The van der Waals surface area contributed by atoms with Crippen molar-refractivity contribution in [2.75, 3.05) is 31.0 Å². The van der Waals surface area contributed by atoms with Crippen LogP contribution in [0, 0.1) is 12.7 Å². The normalized spacial score (nSPS) is 19.0. The number of aromatic nitrogens is 2. The number of carbonyl (C=O) groups excluding carboxylic acids is 1. The van der Waals surface area contributed by atoms with Crippen molar-refractivity contribution in [3.63, 3.8) is 0 Å². The number of ether oxygens (including phenoxy) is 1. The van der Waals surface area contributed by atoms with Crippen LogP contribution in [0.15, 0.2) is 30.3 Å². The van der Waals surface area contributed by atoms with E-state index in [0.29, 0.717) is 28.1 Å². The number of benzene rings is 2. The van der Waals surface area contributed by atoms with Crippen LogP contribution in [0.4, 0.5) is 24.7 Å². The molecule has 0 saturated carbocycles. The summed E-state index contributed by atoms with van der Waals surface area (Å²) in [6.07, 6.45) is 0. The molecule has 0 radical (unpaired) electrons. The highest BCUT2D eigenvalue weighted by Gasteiger charge is 2.47. The van der Waals surface area contributed by atoms with Crippen molar-refractivity contribution in [2.45, 2.75) is 38.3 Å². The van der Waals surface area contributed by atoms with Gasteiger partial charge >= 0.3 is 0 Å². The third-order valence-corrected chi connectivity index (χ3v) is 6.52. The maximum Gasteiger partial charge on any atom is 0.298 e. The molecule has 180 valence electrons. The second kappa shape index (κ2) is 8.21. The van der Waals surface area contributed by atoms with Gasteiger partial charge in [0.2, 0.25) is 0 Å². The number of likely N-dealkylation sites (N-methyl/N-ethyl adjacent to an activating group) is 1. The summed E-state index contributed by atoms with van der Waals surface area (Å²) in [5.41, 5.74) is -0.0847. The molecule has 0 bridgehead atoms. The minimum Gasteiger partial charge on any atom is -0.390 e. The lowest BCUT2D eigenvalue weighted by Crippen LogP contribution is -2.37. The zero-order chi connectivity index (χ0) is 25.0. The standard InChI is InChI=1S/C24H25F3N4O3/c1-12(14-7-6-8-17(20(14)25)24(26,27)11-32)28-21-16-10-19-18(9-15(16)13(2)29-30-21)23(3,34-5)22(33)31(19)4/h6-10,12,32H,11H2,1-5H3,(H,28,30)/t12-,23?/m1/s1. The Morgan fingerprint density at radius 2 is 1.97 bits per heavy atom. The first-order valence-corrected chi connectivity index (χ1v) is 10.6. The molecule has 2 atom stereocenters. The van der Waals surface area contributed by atoms with Crippen molar-refractivity contribution in [3.8, 4) is 0 Å². The van der Waals surface area contributed by atoms with Crippen molar-refractivity contribution >= 4 is 28.2 Å². The van der Waals surface area contributed by atoms with Gasteiger partial charge in [-0.05, 0) is 39.0 Å². The van der Waals surface area contributed by atoms with E-state index in [1.165, 1.54) is 24.1 Å². The molecule has 2 N–H and O–H groups in total. The number of nitrogens with one attached hydrogen (secondary N) is 1. The molecule has 1 amide bonds. The maximum absolute atomic E-state index is 15.0. The molecule has 1 unspecified atom stereocenters. The summed E-state index contributed by atoms with van der Waals surface area (Å²) in [7, 11) is 3.12. The number of carbonyl (C=O) groups is 1. The van der Waals surface area contributed by atoms with Gasteiger partial charge in [0.05, 0.1) is 23.0 Å². The van der Waals surface area contributed by atoms with Crippen molar-refractivity contribution in [1.82, 2.24) is 10.2 Å². The molecule has 2 aromatic carbocycles. The van der Waals surface area contributed by atoms with Crippen LogP contribution in [-0.2, 0) is 21.1 Å². The number of nitrogens with zero attached hydrogens (tertiary/aromatic N) is 3. The molecule has 34 heavy (non-hydrogen) atoms. The SMILES string of the molecule is COC1(C)C(=O)N(C)c2cc3c(N[C@H](C)c4cccc(C(F)(F)CO)c4F)nnc(C)c3cc21. The Kier molecular flexibility index (Phi) is 5.77. The fraction of sp³-hybridized carbons (Fsp3) is 0.375. The van der Waals surface area contributed by atoms with Crippen LogP contribution in [0.25, 0.3) is 10.8 Å². The molecule has 0 aliphatic carbocycles. The molecule has 7 nitrogen and oxygen atoms in total. The number of aryl methyl sites for hydroxylation is 1. The summed E-state index contributed by atoms with van der Waals surface area (Å²) in [6, 6.07) is 6.52. The van der Waals surface area contributed by atoms with Crippen LogP contribution in [0.3, 0.4) is 0 Å². The molecule has 10 heteroatoms. The van der Waals surface area contributed by atoms with Gasteiger partial charge in [-0.3, -0.25) is 4.79 Å². The Morgan fingerprint density at radius 1 is 1.26 bits per heavy atom. The minimum atomic E-state index is -3.71. The number of amides is 1. The average Bonchev–Trinajstić information content (AvgIpc) is 3.01. The summed E-state index contributed by atoms with van der Waals surface area (Å²) in [5, 5.41) is 21.8. The van der Waals surface area contributed by atoms with Gasteiger partial charge in [-0.1, -0.05) is 12.1 Å². The quantitative estimate of drug-likeness (QED) is 0.558. The highest BCUT2D eigenvalue weighted by atomic mass is 19.3. The highest BCUT2D eigenvalue weighted by molar-refractivity contribution is 6.10. The van der Waals surface area contributed by atoms with Gasteiger partial charge in [-0.15, -0.1) is 5.10 Å². The number of hydrogen-bond donors (Lipinski definition) is 2. The molecular formula is C24H25F3N4O3. The van der Waals surface area contributed by atoms with Crippen LogP contribution >= 0.6 is 0 Å². The number of anilines is 2. The zero-order valence-corrected chi connectivity index (χ0v) is 19.4. The van der Waals surface area contributed by atoms with E-state index in [1.807, 2.05) is 6.07 Å². The highest BCUT2D eigenvalue weighted by Crippen LogP contribution is 2.45. The first-order chi connectivity index (χ1) is 16.0. The lowest BCUT2D eigenvalue weighted by molar-refractivity contribution is -0.137. The Balaban J connectivity index is 1.80. The lowest BCUT2D eigenvalue weighted by atomic mass is 9.94. The summed E-state index contributed by atoms with van der Waals surface area (Å²) in [6.45, 7) is 3.59. The predicted molar refractivity (Wildman–Crippen MR) is 121 cm³/mol. The Bertz CT molecular complexity index is 1300. The lowest BCUT2D eigenvalue weighted by Gasteiger charge is -2.22. The monoisotopic (exact) mass is 474 g/mol. The zero-order valence-electron chi connectivity index (χ0n) is 19.4. The largest absolute Gasteiger partial charge is 0.390 e. The summed E-state index contributed by atoms with van der Waals surface area (Å²) in [5.74, 6) is -4.72. The Labute approximate surface area is 194 Å². The average molecular weight is 474 g/mol. The number of methoxy groups -OCH3 is 1. The number of hydrogen-bond acceptors (Lipinski definition) is 6. The number of aliphatic hydroxyl groups excluding tert-OH is 1. The molecule has 0 fully saturated rings. The van der Waals surface area contributed by atoms with Gasteiger partial charge in [-0.2, -0.15) is 13.9 Å². The van der Waals surface area contributed by atoms with Crippen LogP contribution in [-0.4, -0.2) is 42.0 Å². The number of alkyl halides is 2. The fourth-order valence-corrected chi connectivity index (χ4v) is 4.36. The summed E-state index contributed by atoms with van der Waals surface area (Å²) >= 11 is 0. The van der Waals surface area contributed by atoms with Crippen LogP contribution in [0.2, 0.25) is 0 Å². The van der Waals surface area contributed by atoms with Gasteiger partial charge in [0.1, 0.15) is 12.4 Å². The first kappa shape index (κ1) is 23.9. The third-order valence-electron chi connectivity index (χ3n) is 6.52. The van der Waals surface area contributed by atoms with E-state index >= 15 is 0 Å². The van der Waals surface area contributed by atoms with Gasteiger partial charge in [0.25, 0.3) is 11.8 Å². The minimum absolute atomic E-state index is 0.0124. The Morgan fingerprint density at radius 3 is 2.62 bits per heavy atom. The van der Waals surface area contributed by atoms with E-state index in [2.05, 4.69) is 15.5 Å². The van der Waals surface area contributed by atoms with Gasteiger partial charge in [-0.25, -0.2) is 4.39 Å². The summed E-state index contributed by atoms with van der Waals surface area (Å²) in [4.78, 5) is 14.3. The molecule has 1 aliphatic heterocycles. The molecule has 1 aliphatic rings. The van der Waals surface area contributed by atoms with E-state index < -0.39 is 35.6 Å². The molecular weight excluding hydrogens is 449 g/mol. The van der Waals surface area contributed by atoms with E-state index in [9.17, 15) is 18.0 Å².